The second kappa shape index (κ2) is 5.07. The summed E-state index contributed by atoms with van der Waals surface area (Å²) in [6.45, 7) is 0. The van der Waals surface area contributed by atoms with Gasteiger partial charge in [0.1, 0.15) is 0 Å². The highest BCUT2D eigenvalue weighted by Gasteiger charge is 2.33. The fraction of sp³-hybridized carbons (Fsp3) is 0.0556. The molecule has 0 bridgehead atoms. The topological polar surface area (TPSA) is 51.5 Å². The van der Waals surface area contributed by atoms with E-state index in [9.17, 15) is 4.79 Å². The molecule has 1 aliphatic rings. The van der Waals surface area contributed by atoms with Crippen molar-refractivity contribution in [2.75, 3.05) is 0 Å². The Hall–Kier alpha value is -3.01. The Morgan fingerprint density at radius 1 is 0.909 bits per heavy atom. The Bertz CT molecular complexity index is 882. The molecular formula is C18H12N2O2. The predicted octanol–water partition coefficient (Wildman–Crippen LogP) is 3.28. The van der Waals surface area contributed by atoms with Crippen molar-refractivity contribution in [3.05, 3.63) is 78.1 Å². The number of esters is 1. The van der Waals surface area contributed by atoms with Gasteiger partial charge in [-0.25, -0.2) is 9.79 Å². The van der Waals surface area contributed by atoms with Crippen LogP contribution in [0.3, 0.4) is 0 Å². The van der Waals surface area contributed by atoms with Crippen LogP contribution in [-0.4, -0.2) is 16.9 Å². The quantitative estimate of drug-likeness (QED) is 0.680. The van der Waals surface area contributed by atoms with Gasteiger partial charge < -0.3 is 4.74 Å². The number of aromatic nitrogens is 1. The number of carbonyl (C=O) groups excluding carboxylic acids is 1. The van der Waals surface area contributed by atoms with E-state index in [0.29, 0.717) is 11.6 Å². The Balaban J connectivity index is 1.82. The summed E-state index contributed by atoms with van der Waals surface area (Å²) < 4.78 is 5.33. The van der Waals surface area contributed by atoms with Crippen LogP contribution < -0.4 is 0 Å². The van der Waals surface area contributed by atoms with Crippen LogP contribution in [0.2, 0.25) is 0 Å². The summed E-state index contributed by atoms with van der Waals surface area (Å²) in [5.41, 5.74) is 1.42. The first-order chi connectivity index (χ1) is 10.8. The van der Waals surface area contributed by atoms with Gasteiger partial charge in [-0.1, -0.05) is 42.5 Å². The highest BCUT2D eigenvalue weighted by molar-refractivity contribution is 6.07. The van der Waals surface area contributed by atoms with Crippen molar-refractivity contribution in [3.8, 4) is 0 Å². The maximum absolute atomic E-state index is 12.2. The lowest BCUT2D eigenvalue weighted by molar-refractivity contribution is -0.135. The molecule has 0 amide bonds. The average Bonchev–Trinajstić information content (AvgIpc) is 2.97. The smallest absolute Gasteiger partial charge is 0.344 e. The van der Waals surface area contributed by atoms with Crippen LogP contribution in [0, 0.1) is 0 Å². The van der Waals surface area contributed by atoms with Gasteiger partial charge in [0.15, 0.2) is 6.04 Å². The zero-order valence-electron chi connectivity index (χ0n) is 11.6. The van der Waals surface area contributed by atoms with Crippen molar-refractivity contribution in [1.82, 2.24) is 4.98 Å². The van der Waals surface area contributed by atoms with E-state index in [2.05, 4.69) is 9.98 Å². The summed E-state index contributed by atoms with van der Waals surface area (Å²) in [6.07, 6.45) is 1.70. The minimum absolute atomic E-state index is 0.352. The number of nitrogens with zero attached hydrogens (tertiary/aromatic N) is 2. The molecule has 4 rings (SSSR count). The van der Waals surface area contributed by atoms with E-state index in [1.165, 1.54) is 0 Å². The van der Waals surface area contributed by atoms with E-state index in [1.54, 1.807) is 6.20 Å². The fourth-order valence-electron chi connectivity index (χ4n) is 2.60. The molecule has 3 aromatic rings. The highest BCUT2D eigenvalue weighted by Crippen LogP contribution is 2.30. The number of hydrogen-bond donors (Lipinski definition) is 0. The van der Waals surface area contributed by atoms with Gasteiger partial charge in [-0.2, -0.15) is 0 Å². The van der Waals surface area contributed by atoms with Gasteiger partial charge in [0.05, 0.1) is 5.69 Å². The lowest BCUT2D eigenvalue weighted by Gasteiger charge is -2.06. The molecule has 4 nitrogen and oxygen atoms in total. The number of rotatable bonds is 2. The van der Waals surface area contributed by atoms with Crippen LogP contribution in [0.25, 0.3) is 10.8 Å². The summed E-state index contributed by atoms with van der Waals surface area (Å²) in [4.78, 5) is 21.0. The van der Waals surface area contributed by atoms with Gasteiger partial charge in [0.2, 0.25) is 5.90 Å². The molecule has 1 aliphatic heterocycles. The largest absolute Gasteiger partial charge is 0.405 e. The van der Waals surface area contributed by atoms with Crippen LogP contribution in [-0.2, 0) is 9.53 Å². The Kier molecular flexibility index (Phi) is 2.93. The third-order valence-electron chi connectivity index (χ3n) is 3.65. The van der Waals surface area contributed by atoms with Gasteiger partial charge in [-0.15, -0.1) is 0 Å². The first-order valence-corrected chi connectivity index (χ1v) is 7.01. The van der Waals surface area contributed by atoms with Gasteiger partial charge in [0.25, 0.3) is 0 Å². The van der Waals surface area contributed by atoms with Crippen molar-refractivity contribution in [1.29, 1.82) is 0 Å². The van der Waals surface area contributed by atoms with E-state index >= 15 is 0 Å². The van der Waals surface area contributed by atoms with Crippen LogP contribution in [0.15, 0.2) is 71.9 Å². The maximum Gasteiger partial charge on any atom is 0.344 e. The van der Waals surface area contributed by atoms with Crippen molar-refractivity contribution in [2.45, 2.75) is 6.04 Å². The molecule has 1 unspecified atom stereocenters. The zero-order valence-corrected chi connectivity index (χ0v) is 11.6. The molecule has 0 N–H and O–H groups in total. The first-order valence-electron chi connectivity index (χ1n) is 7.01. The molecule has 1 atom stereocenters. The van der Waals surface area contributed by atoms with Crippen LogP contribution >= 0.6 is 0 Å². The minimum Gasteiger partial charge on any atom is -0.405 e. The SMILES string of the molecule is O=C1OC(c2ccccc2)=NC1c1nccc2ccccc12. The van der Waals surface area contributed by atoms with Crippen LogP contribution in [0.5, 0.6) is 0 Å². The standard InChI is InChI=1S/C18H12N2O2/c21-18-16(20-17(22-18)13-7-2-1-3-8-13)15-14-9-5-4-6-12(14)10-11-19-15/h1-11,16H. The maximum atomic E-state index is 12.2. The normalized spacial score (nSPS) is 17.4. The molecule has 1 aromatic heterocycles. The Morgan fingerprint density at radius 3 is 2.55 bits per heavy atom. The second-order valence-corrected chi connectivity index (χ2v) is 5.04. The van der Waals surface area contributed by atoms with Gasteiger partial charge in [-0.05, 0) is 23.6 Å². The molecule has 0 saturated heterocycles. The number of benzene rings is 2. The second-order valence-electron chi connectivity index (χ2n) is 5.04. The van der Waals surface area contributed by atoms with Crippen molar-refractivity contribution in [2.24, 2.45) is 4.99 Å². The lowest BCUT2D eigenvalue weighted by atomic mass is 10.1. The van der Waals surface area contributed by atoms with Gasteiger partial charge in [-0.3, -0.25) is 4.98 Å². The summed E-state index contributed by atoms with van der Waals surface area (Å²) >= 11 is 0. The van der Waals surface area contributed by atoms with Crippen molar-refractivity contribution < 1.29 is 9.53 Å². The molecule has 0 aliphatic carbocycles. The Labute approximate surface area is 127 Å². The van der Waals surface area contributed by atoms with Gasteiger partial charge in [0, 0.05) is 17.1 Å². The summed E-state index contributed by atoms with van der Waals surface area (Å²) in [6, 6.07) is 18.4. The number of aliphatic imine (C=N–C) groups is 1. The summed E-state index contributed by atoms with van der Waals surface area (Å²) in [5.74, 6) is -0.0342. The first kappa shape index (κ1) is 12.7. The number of ether oxygens (including phenoxy) is 1. The van der Waals surface area contributed by atoms with E-state index in [-0.39, 0.29) is 5.97 Å². The number of carbonyl (C=O) groups is 1. The molecule has 2 heterocycles. The van der Waals surface area contributed by atoms with E-state index in [0.717, 1.165) is 16.3 Å². The lowest BCUT2D eigenvalue weighted by Crippen LogP contribution is -2.10. The summed E-state index contributed by atoms with van der Waals surface area (Å²) in [7, 11) is 0. The molecule has 4 heteroatoms. The number of cyclic esters (lactones) is 1. The Morgan fingerprint density at radius 2 is 1.68 bits per heavy atom. The van der Waals surface area contributed by atoms with Crippen molar-refractivity contribution in [3.63, 3.8) is 0 Å². The van der Waals surface area contributed by atoms with Gasteiger partial charge >= 0.3 is 5.97 Å². The van der Waals surface area contributed by atoms with E-state index in [4.69, 9.17) is 4.74 Å². The fourth-order valence-corrected chi connectivity index (χ4v) is 2.60. The van der Waals surface area contributed by atoms with E-state index in [1.807, 2.05) is 60.7 Å². The molecule has 0 spiro atoms. The molecule has 0 saturated carbocycles. The molecule has 106 valence electrons. The molecule has 0 radical (unpaired) electrons. The molecule has 22 heavy (non-hydrogen) atoms. The zero-order chi connectivity index (χ0) is 14.9. The predicted molar refractivity (Wildman–Crippen MR) is 83.6 cm³/mol. The monoisotopic (exact) mass is 288 g/mol. The number of fused-ring (bicyclic) bond motifs is 1. The van der Waals surface area contributed by atoms with Crippen molar-refractivity contribution >= 4 is 22.6 Å². The molecular weight excluding hydrogens is 276 g/mol. The van der Waals surface area contributed by atoms with Crippen LogP contribution in [0.4, 0.5) is 0 Å². The molecule has 2 aromatic carbocycles. The highest BCUT2D eigenvalue weighted by atomic mass is 16.6. The third-order valence-corrected chi connectivity index (χ3v) is 3.65. The number of pyridine rings is 1. The van der Waals surface area contributed by atoms with E-state index < -0.39 is 6.04 Å². The third kappa shape index (κ3) is 2.05. The average molecular weight is 288 g/mol. The minimum atomic E-state index is -0.707. The molecule has 0 fully saturated rings. The van der Waals surface area contributed by atoms with Crippen LogP contribution in [0.1, 0.15) is 17.3 Å². The number of hydrogen-bond acceptors (Lipinski definition) is 4. The summed E-state index contributed by atoms with van der Waals surface area (Å²) in [5, 5.41) is 1.95.